The van der Waals surface area contributed by atoms with Gasteiger partial charge in [0.25, 0.3) is 0 Å². The van der Waals surface area contributed by atoms with Crippen LogP contribution in [-0.2, 0) is 4.79 Å². The van der Waals surface area contributed by atoms with Crippen LogP contribution in [0.2, 0.25) is 0 Å². The molecule has 3 aliphatic carbocycles. The van der Waals surface area contributed by atoms with Crippen molar-refractivity contribution in [1.82, 2.24) is 0 Å². The predicted molar refractivity (Wildman–Crippen MR) is 54.0 cm³/mol. The Morgan fingerprint density at radius 2 is 2.20 bits per heavy atom. The fourth-order valence-electron chi connectivity index (χ4n) is 3.97. The summed E-state index contributed by atoms with van der Waals surface area (Å²) >= 11 is 0. The van der Waals surface area contributed by atoms with Crippen molar-refractivity contribution >= 4 is 5.78 Å². The Hall–Kier alpha value is -0.670. The van der Waals surface area contributed by atoms with Crippen LogP contribution in [0.5, 0.6) is 0 Å². The van der Waals surface area contributed by atoms with Crippen LogP contribution in [0.1, 0.15) is 19.3 Å². The lowest BCUT2D eigenvalue weighted by Crippen LogP contribution is -2.50. The third-order valence-corrected chi connectivity index (χ3v) is 4.68. The molecule has 0 aromatic carbocycles. The Balaban J connectivity index is 2.05. The van der Waals surface area contributed by atoms with Crippen molar-refractivity contribution in [3.05, 3.63) is 12.2 Å². The summed E-state index contributed by atoms with van der Waals surface area (Å²) in [6.07, 6.45) is 5.66. The monoisotopic (exact) mass is 208 g/mol. The zero-order valence-corrected chi connectivity index (χ0v) is 8.60. The van der Waals surface area contributed by atoms with E-state index in [0.29, 0.717) is 12.3 Å². The number of ketones is 1. The van der Waals surface area contributed by atoms with Crippen LogP contribution in [0.3, 0.4) is 0 Å². The molecule has 0 amide bonds. The molecule has 0 saturated heterocycles. The molecule has 0 aliphatic heterocycles. The Kier molecular flexibility index (Phi) is 1.86. The normalized spacial score (nSPS) is 52.3. The first-order valence-electron chi connectivity index (χ1n) is 5.69. The minimum Gasteiger partial charge on any atom is -0.395 e. The summed E-state index contributed by atoms with van der Waals surface area (Å²) in [5.41, 5.74) is -0.543. The number of hydrogen-bond donors (Lipinski definition) is 2. The van der Waals surface area contributed by atoms with Gasteiger partial charge in [-0.1, -0.05) is 12.2 Å². The molecule has 3 heteroatoms. The van der Waals surface area contributed by atoms with Crippen LogP contribution in [0.25, 0.3) is 0 Å². The maximum atomic E-state index is 12.1. The molecule has 2 bridgehead atoms. The van der Waals surface area contributed by atoms with Crippen LogP contribution < -0.4 is 0 Å². The highest BCUT2D eigenvalue weighted by Crippen LogP contribution is 2.60. The van der Waals surface area contributed by atoms with Gasteiger partial charge < -0.3 is 10.2 Å². The van der Waals surface area contributed by atoms with Crippen LogP contribution in [0, 0.1) is 23.2 Å². The van der Waals surface area contributed by atoms with Crippen molar-refractivity contribution in [3.8, 4) is 0 Å². The molecule has 3 aliphatic rings. The van der Waals surface area contributed by atoms with E-state index >= 15 is 0 Å². The standard InChI is InChI=1S/C12H16O3/c13-6-12-8-2-1-7(3-8)10(12)4-9(14)5-11(12)15/h1-2,7-10,13-14H,3-6H2/t7-,8+,9+,10-,12+/m0/s1. The molecule has 2 N–H and O–H groups in total. The molecule has 15 heavy (non-hydrogen) atoms. The molecule has 0 aromatic heterocycles. The van der Waals surface area contributed by atoms with E-state index in [1.165, 1.54) is 0 Å². The number of aliphatic hydroxyl groups is 2. The molecule has 0 heterocycles. The summed E-state index contributed by atoms with van der Waals surface area (Å²) in [4.78, 5) is 12.1. The second-order valence-electron chi connectivity index (χ2n) is 5.21. The van der Waals surface area contributed by atoms with Crippen LogP contribution in [0.15, 0.2) is 12.2 Å². The van der Waals surface area contributed by atoms with Crippen molar-refractivity contribution < 1.29 is 15.0 Å². The summed E-state index contributed by atoms with van der Waals surface area (Å²) in [6, 6.07) is 0. The number of carbonyl (C=O) groups is 1. The fraction of sp³-hybridized carbons (Fsp3) is 0.750. The van der Waals surface area contributed by atoms with E-state index in [1.807, 2.05) is 0 Å². The highest BCUT2D eigenvalue weighted by molar-refractivity contribution is 5.88. The summed E-state index contributed by atoms with van der Waals surface area (Å²) < 4.78 is 0. The van der Waals surface area contributed by atoms with Gasteiger partial charge in [-0.25, -0.2) is 0 Å². The molecule has 3 rings (SSSR count). The van der Waals surface area contributed by atoms with Crippen molar-refractivity contribution in [2.24, 2.45) is 23.2 Å². The minimum atomic E-state index is -0.543. The van der Waals surface area contributed by atoms with Gasteiger partial charge in [-0.15, -0.1) is 0 Å². The van der Waals surface area contributed by atoms with E-state index in [9.17, 15) is 15.0 Å². The van der Waals surface area contributed by atoms with Crippen LogP contribution >= 0.6 is 0 Å². The summed E-state index contributed by atoms with van der Waals surface area (Å²) in [6.45, 7) is -0.0469. The van der Waals surface area contributed by atoms with Gasteiger partial charge in [0.2, 0.25) is 0 Å². The number of hydrogen-bond acceptors (Lipinski definition) is 3. The lowest BCUT2D eigenvalue weighted by Gasteiger charge is -2.44. The number of Topliss-reactive ketones (excluding diaryl/α,β-unsaturated/α-hetero) is 1. The largest absolute Gasteiger partial charge is 0.395 e. The van der Waals surface area contributed by atoms with E-state index < -0.39 is 11.5 Å². The zero-order valence-electron chi connectivity index (χ0n) is 8.60. The van der Waals surface area contributed by atoms with Crippen molar-refractivity contribution in [1.29, 1.82) is 0 Å². The zero-order chi connectivity index (χ0) is 10.6. The molecule has 3 nitrogen and oxygen atoms in total. The number of allylic oxidation sites excluding steroid dienone is 2. The highest BCUT2D eigenvalue weighted by Gasteiger charge is 2.61. The average Bonchev–Trinajstić information content (AvgIpc) is 2.76. The van der Waals surface area contributed by atoms with E-state index in [-0.39, 0.29) is 30.6 Å². The third-order valence-electron chi connectivity index (χ3n) is 4.68. The van der Waals surface area contributed by atoms with Crippen molar-refractivity contribution in [2.45, 2.75) is 25.4 Å². The number of carbonyl (C=O) groups excluding carboxylic acids is 1. The van der Waals surface area contributed by atoms with Gasteiger partial charge in [-0.05, 0) is 30.6 Å². The summed E-state index contributed by atoms with van der Waals surface area (Å²) in [5, 5.41) is 19.2. The van der Waals surface area contributed by atoms with Crippen LogP contribution in [-0.4, -0.2) is 28.7 Å². The van der Waals surface area contributed by atoms with Crippen molar-refractivity contribution in [2.75, 3.05) is 6.61 Å². The van der Waals surface area contributed by atoms with Gasteiger partial charge in [-0.3, -0.25) is 4.79 Å². The van der Waals surface area contributed by atoms with E-state index in [2.05, 4.69) is 12.2 Å². The van der Waals surface area contributed by atoms with E-state index in [4.69, 9.17) is 0 Å². The Labute approximate surface area is 88.8 Å². The quantitative estimate of drug-likeness (QED) is 0.617. The van der Waals surface area contributed by atoms with Gasteiger partial charge >= 0.3 is 0 Å². The minimum absolute atomic E-state index is 0.0469. The molecule has 82 valence electrons. The highest BCUT2D eigenvalue weighted by atomic mass is 16.3. The molecule has 5 atom stereocenters. The fourth-order valence-corrected chi connectivity index (χ4v) is 3.97. The SMILES string of the molecule is O=C1C[C@H](O)C[C@H]2[C@H]3C=C[C@H](C3)[C@@]12CO. The summed E-state index contributed by atoms with van der Waals surface area (Å²) in [5.74, 6) is 0.873. The second-order valence-corrected chi connectivity index (χ2v) is 5.21. The molecule has 2 saturated carbocycles. The Morgan fingerprint density at radius 3 is 2.93 bits per heavy atom. The molecule has 0 unspecified atom stereocenters. The molecular formula is C12H16O3. The Morgan fingerprint density at radius 1 is 1.40 bits per heavy atom. The van der Waals surface area contributed by atoms with Gasteiger partial charge in [0.15, 0.2) is 0 Å². The molecule has 0 aromatic rings. The number of fused-ring (bicyclic) bond motifs is 5. The molecule has 0 radical (unpaired) electrons. The maximum absolute atomic E-state index is 12.1. The molecule has 2 fully saturated rings. The van der Waals surface area contributed by atoms with E-state index in [1.54, 1.807) is 0 Å². The predicted octanol–water partition coefficient (Wildman–Crippen LogP) is 0.511. The summed E-state index contributed by atoms with van der Waals surface area (Å²) in [7, 11) is 0. The number of aliphatic hydroxyl groups excluding tert-OH is 2. The lowest BCUT2D eigenvalue weighted by molar-refractivity contribution is -0.145. The van der Waals surface area contributed by atoms with Crippen molar-refractivity contribution in [3.63, 3.8) is 0 Å². The lowest BCUT2D eigenvalue weighted by atomic mass is 9.60. The van der Waals surface area contributed by atoms with Gasteiger partial charge in [0, 0.05) is 6.42 Å². The first-order valence-corrected chi connectivity index (χ1v) is 5.69. The smallest absolute Gasteiger partial charge is 0.144 e. The third kappa shape index (κ3) is 1.00. The van der Waals surface area contributed by atoms with Gasteiger partial charge in [0.1, 0.15) is 5.78 Å². The topological polar surface area (TPSA) is 57.5 Å². The average molecular weight is 208 g/mol. The van der Waals surface area contributed by atoms with Gasteiger partial charge in [-0.2, -0.15) is 0 Å². The first kappa shape index (κ1) is 9.55. The molecule has 0 spiro atoms. The second kappa shape index (κ2) is 2.92. The maximum Gasteiger partial charge on any atom is 0.144 e. The molecular weight excluding hydrogens is 192 g/mol. The Bertz CT molecular complexity index is 336. The van der Waals surface area contributed by atoms with Gasteiger partial charge in [0.05, 0.1) is 18.1 Å². The number of rotatable bonds is 1. The van der Waals surface area contributed by atoms with E-state index in [0.717, 1.165) is 6.42 Å². The van der Waals surface area contributed by atoms with Crippen LogP contribution in [0.4, 0.5) is 0 Å². The first-order chi connectivity index (χ1) is 7.18.